The first-order valence-electron chi connectivity index (χ1n) is 7.53. The van der Waals surface area contributed by atoms with Gasteiger partial charge in [-0.15, -0.1) is 0 Å². The number of benzene rings is 1. The van der Waals surface area contributed by atoms with E-state index in [2.05, 4.69) is 26.1 Å². The number of nitrogens with one attached hydrogen (secondary N) is 1. The van der Waals surface area contributed by atoms with E-state index in [0.29, 0.717) is 6.42 Å². The summed E-state index contributed by atoms with van der Waals surface area (Å²) in [6.45, 7) is 8.28. The molecule has 0 radical (unpaired) electrons. The number of hydrogen-bond donors (Lipinski definition) is 1. The molecule has 0 aliphatic carbocycles. The SMILES string of the molecule is Cc1ccccc1[C@H](NC(=O)CCCS(C)(=O)=O)C(C)(C)C. The van der Waals surface area contributed by atoms with Crippen molar-refractivity contribution < 1.29 is 13.2 Å². The molecule has 22 heavy (non-hydrogen) atoms. The van der Waals surface area contributed by atoms with Crippen molar-refractivity contribution in [2.75, 3.05) is 12.0 Å². The van der Waals surface area contributed by atoms with Crippen molar-refractivity contribution in [1.29, 1.82) is 0 Å². The monoisotopic (exact) mass is 325 g/mol. The molecule has 0 aromatic heterocycles. The predicted octanol–water partition coefficient (Wildman–Crippen LogP) is 3.02. The van der Waals surface area contributed by atoms with Gasteiger partial charge in [0, 0.05) is 12.7 Å². The van der Waals surface area contributed by atoms with Gasteiger partial charge in [-0.1, -0.05) is 45.0 Å². The molecule has 0 unspecified atom stereocenters. The Labute approximate surface area is 134 Å². The second-order valence-electron chi connectivity index (χ2n) is 6.96. The topological polar surface area (TPSA) is 63.2 Å². The molecule has 5 heteroatoms. The fourth-order valence-electron chi connectivity index (χ4n) is 2.40. The summed E-state index contributed by atoms with van der Waals surface area (Å²) in [5.74, 6) is -0.0582. The number of carbonyl (C=O) groups is 1. The summed E-state index contributed by atoms with van der Waals surface area (Å²) in [7, 11) is -3.02. The van der Waals surface area contributed by atoms with Gasteiger partial charge in [0.2, 0.25) is 5.91 Å². The number of aryl methyl sites for hydroxylation is 1. The maximum Gasteiger partial charge on any atom is 0.220 e. The third-order valence-corrected chi connectivity index (χ3v) is 4.62. The molecule has 0 aliphatic rings. The first-order chi connectivity index (χ1) is 10.0. The summed E-state index contributed by atoms with van der Waals surface area (Å²) >= 11 is 0. The number of amides is 1. The Kier molecular flexibility index (Phi) is 6.17. The molecular weight excluding hydrogens is 298 g/mol. The van der Waals surface area contributed by atoms with Gasteiger partial charge in [0.05, 0.1) is 11.8 Å². The average molecular weight is 325 g/mol. The summed E-state index contributed by atoms with van der Waals surface area (Å²) < 4.78 is 22.3. The molecule has 0 bridgehead atoms. The van der Waals surface area contributed by atoms with Crippen LogP contribution in [0.5, 0.6) is 0 Å². The van der Waals surface area contributed by atoms with Crippen LogP contribution in [0.15, 0.2) is 24.3 Å². The first kappa shape index (κ1) is 18.7. The maximum absolute atomic E-state index is 12.2. The van der Waals surface area contributed by atoms with Crippen molar-refractivity contribution in [2.24, 2.45) is 5.41 Å². The van der Waals surface area contributed by atoms with E-state index in [1.165, 1.54) is 6.26 Å². The largest absolute Gasteiger partial charge is 0.349 e. The Morgan fingerprint density at radius 1 is 1.23 bits per heavy atom. The van der Waals surface area contributed by atoms with Gasteiger partial charge >= 0.3 is 0 Å². The molecule has 1 amide bonds. The summed E-state index contributed by atoms with van der Waals surface area (Å²) in [6, 6.07) is 7.91. The summed E-state index contributed by atoms with van der Waals surface area (Å²) in [5, 5.41) is 3.07. The van der Waals surface area contributed by atoms with E-state index in [9.17, 15) is 13.2 Å². The molecule has 1 aromatic carbocycles. The van der Waals surface area contributed by atoms with Crippen LogP contribution in [0.4, 0.5) is 0 Å². The fourth-order valence-corrected chi connectivity index (χ4v) is 3.07. The van der Waals surface area contributed by atoms with E-state index in [-0.39, 0.29) is 29.5 Å². The molecular formula is C17H27NO3S. The Morgan fingerprint density at radius 3 is 2.32 bits per heavy atom. The summed E-state index contributed by atoms with van der Waals surface area (Å²) in [4.78, 5) is 12.2. The zero-order valence-electron chi connectivity index (χ0n) is 14.1. The van der Waals surface area contributed by atoms with Crippen LogP contribution in [0.3, 0.4) is 0 Å². The molecule has 0 aliphatic heterocycles. The zero-order valence-corrected chi connectivity index (χ0v) is 15.0. The van der Waals surface area contributed by atoms with Gasteiger partial charge in [0.1, 0.15) is 9.84 Å². The molecule has 4 nitrogen and oxygen atoms in total. The van der Waals surface area contributed by atoms with Gasteiger partial charge in [-0.3, -0.25) is 4.79 Å². The van der Waals surface area contributed by atoms with Crippen molar-refractivity contribution in [3.8, 4) is 0 Å². The Hall–Kier alpha value is -1.36. The van der Waals surface area contributed by atoms with Crippen molar-refractivity contribution in [3.05, 3.63) is 35.4 Å². The zero-order chi connectivity index (χ0) is 17.0. The van der Waals surface area contributed by atoms with Crippen LogP contribution in [0.2, 0.25) is 0 Å². The molecule has 0 spiro atoms. The quantitative estimate of drug-likeness (QED) is 0.874. The smallest absolute Gasteiger partial charge is 0.220 e. The van der Waals surface area contributed by atoms with Crippen molar-refractivity contribution in [1.82, 2.24) is 5.32 Å². The molecule has 0 heterocycles. The number of rotatable bonds is 6. The first-order valence-corrected chi connectivity index (χ1v) is 9.59. The predicted molar refractivity (Wildman–Crippen MR) is 90.5 cm³/mol. The number of hydrogen-bond acceptors (Lipinski definition) is 3. The maximum atomic E-state index is 12.2. The van der Waals surface area contributed by atoms with E-state index in [4.69, 9.17) is 0 Å². The fraction of sp³-hybridized carbons (Fsp3) is 0.588. The Bertz CT molecular complexity index is 615. The van der Waals surface area contributed by atoms with Crippen LogP contribution >= 0.6 is 0 Å². The Morgan fingerprint density at radius 2 is 1.82 bits per heavy atom. The third kappa shape index (κ3) is 6.18. The molecule has 1 N–H and O–H groups in total. The van der Waals surface area contributed by atoms with E-state index >= 15 is 0 Å². The molecule has 1 rings (SSSR count). The molecule has 0 fully saturated rings. The van der Waals surface area contributed by atoms with Crippen LogP contribution in [0.25, 0.3) is 0 Å². The second kappa shape index (κ2) is 7.27. The lowest BCUT2D eigenvalue weighted by atomic mass is 9.80. The molecule has 1 aromatic rings. The minimum absolute atomic E-state index is 0.0466. The van der Waals surface area contributed by atoms with Gasteiger partial charge in [0.15, 0.2) is 0 Å². The van der Waals surface area contributed by atoms with Crippen LogP contribution in [-0.2, 0) is 14.6 Å². The summed E-state index contributed by atoms with van der Waals surface area (Å²) in [6.07, 6.45) is 1.77. The second-order valence-corrected chi connectivity index (χ2v) is 9.22. The van der Waals surface area contributed by atoms with E-state index in [1.807, 2.05) is 31.2 Å². The molecule has 1 atom stereocenters. The minimum Gasteiger partial charge on any atom is -0.349 e. The van der Waals surface area contributed by atoms with E-state index in [0.717, 1.165) is 11.1 Å². The van der Waals surface area contributed by atoms with Crippen molar-refractivity contribution >= 4 is 15.7 Å². The van der Waals surface area contributed by atoms with Gasteiger partial charge in [-0.2, -0.15) is 0 Å². The van der Waals surface area contributed by atoms with Crippen LogP contribution < -0.4 is 5.32 Å². The standard InChI is InChI=1S/C17H27NO3S/c1-13-9-6-7-10-14(13)16(17(2,3)4)18-15(19)11-8-12-22(5,20)21/h6-7,9-10,16H,8,11-12H2,1-5H3,(H,18,19)/t16-/m0/s1. The third-order valence-electron chi connectivity index (χ3n) is 3.59. The average Bonchev–Trinajstić information content (AvgIpc) is 2.34. The minimum atomic E-state index is -3.02. The highest BCUT2D eigenvalue weighted by molar-refractivity contribution is 7.90. The van der Waals surface area contributed by atoms with Crippen LogP contribution in [-0.4, -0.2) is 26.3 Å². The van der Waals surface area contributed by atoms with Crippen LogP contribution in [0, 0.1) is 12.3 Å². The lowest BCUT2D eigenvalue weighted by molar-refractivity contribution is -0.122. The van der Waals surface area contributed by atoms with Gasteiger partial charge in [-0.25, -0.2) is 8.42 Å². The number of carbonyl (C=O) groups excluding carboxylic acids is 1. The molecule has 0 saturated heterocycles. The van der Waals surface area contributed by atoms with E-state index < -0.39 is 9.84 Å². The van der Waals surface area contributed by atoms with E-state index in [1.54, 1.807) is 0 Å². The summed E-state index contributed by atoms with van der Waals surface area (Å²) in [5.41, 5.74) is 2.11. The van der Waals surface area contributed by atoms with Crippen molar-refractivity contribution in [2.45, 2.75) is 46.6 Å². The normalized spacial score (nSPS) is 13.7. The van der Waals surface area contributed by atoms with Gasteiger partial charge in [0.25, 0.3) is 0 Å². The van der Waals surface area contributed by atoms with Crippen molar-refractivity contribution in [3.63, 3.8) is 0 Å². The highest BCUT2D eigenvalue weighted by atomic mass is 32.2. The van der Waals surface area contributed by atoms with Gasteiger partial charge < -0.3 is 5.32 Å². The number of sulfone groups is 1. The lowest BCUT2D eigenvalue weighted by Crippen LogP contribution is -2.37. The highest BCUT2D eigenvalue weighted by Crippen LogP contribution is 2.34. The van der Waals surface area contributed by atoms with Gasteiger partial charge in [-0.05, 0) is 29.9 Å². The molecule has 124 valence electrons. The molecule has 0 saturated carbocycles. The lowest BCUT2D eigenvalue weighted by Gasteiger charge is -2.33. The van der Waals surface area contributed by atoms with Crippen LogP contribution in [0.1, 0.15) is 50.8 Å². The Balaban J connectivity index is 2.80. The highest BCUT2D eigenvalue weighted by Gasteiger charge is 2.28.